The van der Waals surface area contributed by atoms with Crippen LogP contribution in [0.3, 0.4) is 0 Å². The maximum atomic E-state index is 13.3. The van der Waals surface area contributed by atoms with E-state index in [1.165, 1.54) is 7.11 Å². The van der Waals surface area contributed by atoms with Crippen molar-refractivity contribution in [3.63, 3.8) is 0 Å². The van der Waals surface area contributed by atoms with Crippen molar-refractivity contribution in [1.29, 1.82) is 0 Å². The van der Waals surface area contributed by atoms with Gasteiger partial charge in [0.15, 0.2) is 23.0 Å². The highest BCUT2D eigenvalue weighted by Crippen LogP contribution is 2.46. The number of nitrogens with zero attached hydrogens (tertiary/aromatic N) is 1. The molecule has 32 heavy (non-hydrogen) atoms. The lowest BCUT2D eigenvalue weighted by molar-refractivity contribution is 0.0528. The van der Waals surface area contributed by atoms with Gasteiger partial charge in [0.1, 0.15) is 0 Å². The minimum absolute atomic E-state index is 0.0396. The summed E-state index contributed by atoms with van der Waals surface area (Å²) in [4.78, 5) is 13.3. The van der Waals surface area contributed by atoms with E-state index in [0.29, 0.717) is 29.4 Å². The highest BCUT2D eigenvalue weighted by Gasteiger charge is 2.32. The lowest BCUT2D eigenvalue weighted by atomic mass is 9.93. The van der Waals surface area contributed by atoms with Gasteiger partial charge < -0.3 is 28.6 Å². The van der Waals surface area contributed by atoms with Crippen LogP contribution in [0.5, 0.6) is 23.0 Å². The van der Waals surface area contributed by atoms with E-state index in [9.17, 15) is 9.90 Å². The first kappa shape index (κ1) is 21.6. The first-order valence-corrected chi connectivity index (χ1v) is 10.5. The molecule has 0 aliphatic carbocycles. The second kappa shape index (κ2) is 8.49. The number of hydrogen-bond acceptors (Lipinski definition) is 6. The smallest absolute Gasteiger partial charge is 0.340 e. The molecule has 1 aliphatic heterocycles. The quantitative estimate of drug-likeness (QED) is 0.568. The van der Waals surface area contributed by atoms with Crippen LogP contribution in [-0.2, 0) is 17.7 Å². The predicted molar refractivity (Wildman–Crippen MR) is 121 cm³/mol. The molecular formula is C25H27NO6. The van der Waals surface area contributed by atoms with Crippen molar-refractivity contribution in [1.82, 2.24) is 4.57 Å². The number of phenolic OH excluding ortho intramolecular Hbond substituents is 1. The molecule has 1 N–H and O–H groups in total. The first-order chi connectivity index (χ1) is 15.4. The third-order valence-corrected chi connectivity index (χ3v) is 5.94. The van der Waals surface area contributed by atoms with Gasteiger partial charge in [-0.1, -0.05) is 6.07 Å². The van der Waals surface area contributed by atoms with Crippen molar-refractivity contribution in [2.45, 2.75) is 26.8 Å². The summed E-state index contributed by atoms with van der Waals surface area (Å²) in [5.41, 5.74) is 5.75. The van der Waals surface area contributed by atoms with E-state index in [0.717, 1.165) is 40.1 Å². The highest BCUT2D eigenvalue weighted by molar-refractivity contribution is 6.05. The van der Waals surface area contributed by atoms with E-state index >= 15 is 0 Å². The molecule has 1 aliphatic rings. The SMILES string of the molecule is CCOC(=O)c1c(-c2ccc(O)c(OC)c2)c(C)n2c1-c1cc(OC)c(OC)cc1CC2. The molecule has 0 bridgehead atoms. The van der Waals surface area contributed by atoms with Crippen LogP contribution in [0.15, 0.2) is 30.3 Å². The lowest BCUT2D eigenvalue weighted by Gasteiger charge is -2.23. The Morgan fingerprint density at radius 3 is 2.38 bits per heavy atom. The van der Waals surface area contributed by atoms with Crippen molar-refractivity contribution in [2.24, 2.45) is 0 Å². The average Bonchev–Trinajstić information content (AvgIpc) is 3.11. The summed E-state index contributed by atoms with van der Waals surface area (Å²) in [5, 5.41) is 10.1. The maximum Gasteiger partial charge on any atom is 0.340 e. The number of hydrogen-bond donors (Lipinski definition) is 1. The van der Waals surface area contributed by atoms with E-state index in [2.05, 4.69) is 4.57 Å². The van der Waals surface area contributed by atoms with Crippen LogP contribution in [0.1, 0.15) is 28.5 Å². The Morgan fingerprint density at radius 1 is 1.03 bits per heavy atom. The molecule has 0 amide bonds. The molecule has 0 spiro atoms. The second-order valence-corrected chi connectivity index (χ2v) is 7.56. The van der Waals surface area contributed by atoms with Gasteiger partial charge >= 0.3 is 5.97 Å². The van der Waals surface area contributed by atoms with Gasteiger partial charge in [-0.15, -0.1) is 0 Å². The molecule has 4 rings (SSSR count). The number of phenols is 1. The molecule has 7 heteroatoms. The molecule has 2 aromatic carbocycles. The Labute approximate surface area is 187 Å². The number of aryl methyl sites for hydroxylation is 1. The monoisotopic (exact) mass is 437 g/mol. The van der Waals surface area contributed by atoms with Crippen molar-refractivity contribution in [3.05, 3.63) is 47.2 Å². The summed E-state index contributed by atoms with van der Waals surface area (Å²) in [6.07, 6.45) is 0.790. The third-order valence-electron chi connectivity index (χ3n) is 5.94. The molecule has 1 aromatic heterocycles. The molecule has 7 nitrogen and oxygen atoms in total. The average molecular weight is 437 g/mol. The van der Waals surface area contributed by atoms with Gasteiger partial charge in [-0.2, -0.15) is 0 Å². The number of aromatic hydroxyl groups is 1. The molecule has 0 radical (unpaired) electrons. The van der Waals surface area contributed by atoms with Crippen LogP contribution < -0.4 is 14.2 Å². The first-order valence-electron chi connectivity index (χ1n) is 10.5. The van der Waals surface area contributed by atoms with Gasteiger partial charge in [0, 0.05) is 23.4 Å². The number of aromatic nitrogens is 1. The van der Waals surface area contributed by atoms with Gasteiger partial charge in [-0.25, -0.2) is 4.79 Å². The second-order valence-electron chi connectivity index (χ2n) is 7.56. The zero-order valence-corrected chi connectivity index (χ0v) is 18.9. The minimum Gasteiger partial charge on any atom is -0.504 e. The third kappa shape index (κ3) is 3.34. The van der Waals surface area contributed by atoms with Crippen LogP contribution in [-0.4, -0.2) is 43.6 Å². The van der Waals surface area contributed by atoms with E-state index in [-0.39, 0.29) is 12.4 Å². The molecule has 3 aromatic rings. The maximum absolute atomic E-state index is 13.3. The zero-order valence-electron chi connectivity index (χ0n) is 18.9. The molecular weight excluding hydrogens is 410 g/mol. The van der Waals surface area contributed by atoms with Gasteiger partial charge in [0.2, 0.25) is 0 Å². The van der Waals surface area contributed by atoms with E-state index in [1.807, 2.05) is 19.1 Å². The van der Waals surface area contributed by atoms with E-state index in [1.54, 1.807) is 39.3 Å². The van der Waals surface area contributed by atoms with E-state index in [4.69, 9.17) is 18.9 Å². The number of ether oxygens (including phenoxy) is 4. The Hall–Kier alpha value is -3.61. The number of rotatable bonds is 6. The normalized spacial score (nSPS) is 12.0. The highest BCUT2D eigenvalue weighted by atomic mass is 16.5. The van der Waals surface area contributed by atoms with Crippen molar-refractivity contribution in [3.8, 4) is 45.4 Å². The number of benzene rings is 2. The Morgan fingerprint density at radius 2 is 1.72 bits per heavy atom. The zero-order chi connectivity index (χ0) is 23.0. The van der Waals surface area contributed by atoms with Crippen molar-refractivity contribution in [2.75, 3.05) is 27.9 Å². The van der Waals surface area contributed by atoms with Crippen molar-refractivity contribution >= 4 is 5.97 Å². The standard InChI is InChI=1S/C25H27NO6/c1-6-32-25(28)23-22(16-7-8-18(27)19(12-16)29-3)14(2)26-10-9-15-11-20(30-4)21(31-5)13-17(15)24(23)26/h7-8,11-13,27H,6,9-10H2,1-5H3. The molecule has 0 saturated carbocycles. The fourth-order valence-electron chi connectivity index (χ4n) is 4.47. The lowest BCUT2D eigenvalue weighted by Crippen LogP contribution is -2.15. The van der Waals surface area contributed by atoms with Crippen LogP contribution in [0, 0.1) is 6.92 Å². The topological polar surface area (TPSA) is 79.2 Å². The summed E-state index contributed by atoms with van der Waals surface area (Å²) in [6.45, 7) is 4.76. The summed E-state index contributed by atoms with van der Waals surface area (Å²) < 4.78 is 23.9. The fraction of sp³-hybridized carbons (Fsp3) is 0.320. The largest absolute Gasteiger partial charge is 0.504 e. The molecule has 0 unspecified atom stereocenters. The van der Waals surface area contributed by atoms with Crippen LogP contribution in [0.4, 0.5) is 0 Å². The fourth-order valence-corrected chi connectivity index (χ4v) is 4.47. The van der Waals surface area contributed by atoms with Gasteiger partial charge in [-0.3, -0.25) is 0 Å². The van der Waals surface area contributed by atoms with E-state index < -0.39 is 5.97 Å². The van der Waals surface area contributed by atoms with Crippen LogP contribution in [0.2, 0.25) is 0 Å². The predicted octanol–water partition coefficient (Wildman–Crippen LogP) is 4.59. The summed E-state index contributed by atoms with van der Waals surface area (Å²) in [7, 11) is 4.71. The number of fused-ring (bicyclic) bond motifs is 3. The molecule has 168 valence electrons. The Bertz CT molecular complexity index is 1190. The molecule has 0 saturated heterocycles. The summed E-state index contributed by atoms with van der Waals surface area (Å²) in [5.74, 6) is 1.24. The number of esters is 1. The summed E-state index contributed by atoms with van der Waals surface area (Å²) >= 11 is 0. The number of carbonyl (C=O) groups excluding carboxylic acids is 1. The molecule has 0 fully saturated rings. The van der Waals surface area contributed by atoms with Gasteiger partial charge in [0.05, 0.1) is 39.2 Å². The van der Waals surface area contributed by atoms with Crippen molar-refractivity contribution < 1.29 is 28.8 Å². The van der Waals surface area contributed by atoms with Crippen LogP contribution in [0.25, 0.3) is 22.4 Å². The Balaban J connectivity index is 2.04. The summed E-state index contributed by atoms with van der Waals surface area (Å²) in [6, 6.07) is 8.98. The van der Waals surface area contributed by atoms with Gasteiger partial charge in [-0.05, 0) is 55.7 Å². The van der Waals surface area contributed by atoms with Crippen LogP contribution >= 0.6 is 0 Å². The van der Waals surface area contributed by atoms with Gasteiger partial charge in [0.25, 0.3) is 0 Å². The number of methoxy groups -OCH3 is 3. The molecule has 2 heterocycles. The minimum atomic E-state index is -0.394. The molecule has 0 atom stereocenters. The Kier molecular flexibility index (Phi) is 5.74. The number of carbonyl (C=O) groups is 1.